The van der Waals surface area contributed by atoms with E-state index in [1.165, 1.54) is 30.8 Å². The van der Waals surface area contributed by atoms with E-state index >= 15 is 0 Å². The smallest absolute Gasteiger partial charge is 0.0611 e. The fourth-order valence-corrected chi connectivity index (χ4v) is 4.84. The molecule has 1 saturated carbocycles. The van der Waals surface area contributed by atoms with Crippen LogP contribution in [0.3, 0.4) is 0 Å². The highest BCUT2D eigenvalue weighted by atomic mass is 32.2. The number of hydrogen-bond donors (Lipinski definition) is 0. The summed E-state index contributed by atoms with van der Waals surface area (Å²) in [5.41, 5.74) is 0. The average Bonchev–Trinajstić information content (AvgIpc) is 2.69. The van der Waals surface area contributed by atoms with Crippen molar-refractivity contribution in [3.8, 4) is 0 Å². The van der Waals surface area contributed by atoms with E-state index in [4.69, 9.17) is 0 Å². The molecule has 1 heterocycles. The molecule has 0 radical (unpaired) electrons. The minimum Gasteiger partial charge on any atom is -0.144 e. The van der Waals surface area contributed by atoms with E-state index in [2.05, 4.69) is 30.4 Å². The van der Waals surface area contributed by atoms with Crippen LogP contribution in [0.15, 0.2) is 0 Å². The van der Waals surface area contributed by atoms with Gasteiger partial charge in [-0.1, -0.05) is 0 Å². The Kier molecular flexibility index (Phi) is 1.94. The van der Waals surface area contributed by atoms with Gasteiger partial charge in [0.25, 0.3) is 0 Å². The van der Waals surface area contributed by atoms with Gasteiger partial charge in [-0.15, -0.1) is 23.5 Å². The molecule has 0 unspecified atom stereocenters. The molecule has 10 heavy (non-hydrogen) atoms. The molecule has 0 atom stereocenters. The van der Waals surface area contributed by atoms with Crippen LogP contribution >= 0.6 is 23.5 Å². The molecule has 1 aliphatic carbocycles. The third-order valence-electron chi connectivity index (χ3n) is 2.38. The zero-order chi connectivity index (χ0) is 7.03. The maximum absolute atomic E-state index is 2.44. The van der Waals surface area contributed by atoms with Gasteiger partial charge in [-0.05, 0) is 43.6 Å². The molecule has 0 aromatic carbocycles. The second-order valence-electron chi connectivity index (χ2n) is 3.34. The third kappa shape index (κ3) is 1.33. The fourth-order valence-electron chi connectivity index (χ4n) is 1.49. The van der Waals surface area contributed by atoms with E-state index in [9.17, 15) is 0 Å². The first-order chi connectivity index (χ1) is 4.81. The molecule has 1 aliphatic heterocycles. The van der Waals surface area contributed by atoms with Gasteiger partial charge < -0.3 is 0 Å². The molecule has 2 fully saturated rings. The summed E-state index contributed by atoms with van der Waals surface area (Å²) in [5, 5.41) is 0. The van der Waals surface area contributed by atoms with Crippen molar-refractivity contribution in [3.63, 3.8) is 0 Å². The van der Waals surface area contributed by atoms with Crippen molar-refractivity contribution in [1.29, 1.82) is 0 Å². The summed E-state index contributed by atoms with van der Waals surface area (Å²) < 4.78 is 0.623. The second-order valence-corrected chi connectivity index (χ2v) is 6.69. The summed E-state index contributed by atoms with van der Waals surface area (Å²) in [6, 6.07) is 0. The zero-order valence-corrected chi connectivity index (χ0v) is 8.06. The van der Waals surface area contributed by atoms with Crippen LogP contribution in [0.4, 0.5) is 0 Å². The van der Waals surface area contributed by atoms with Crippen molar-refractivity contribution in [2.45, 2.75) is 30.3 Å². The molecule has 0 amide bonds. The van der Waals surface area contributed by atoms with E-state index in [1.54, 1.807) is 0 Å². The predicted molar refractivity (Wildman–Crippen MR) is 50.7 cm³/mol. The van der Waals surface area contributed by atoms with Crippen LogP contribution in [0.1, 0.15) is 26.2 Å². The Morgan fingerprint density at radius 1 is 1.20 bits per heavy atom. The number of hydrogen-bond acceptors (Lipinski definition) is 2. The lowest BCUT2D eigenvalue weighted by atomic mass is 10.3. The molecule has 58 valence electrons. The Labute approximate surface area is 71.5 Å². The van der Waals surface area contributed by atoms with E-state index in [0.29, 0.717) is 4.08 Å². The predicted octanol–water partition coefficient (Wildman–Crippen LogP) is 2.98. The monoisotopic (exact) mass is 174 g/mol. The van der Waals surface area contributed by atoms with Crippen LogP contribution in [0.2, 0.25) is 0 Å². The van der Waals surface area contributed by atoms with E-state index in [-0.39, 0.29) is 0 Å². The quantitative estimate of drug-likeness (QED) is 0.599. The molecule has 2 heteroatoms. The summed E-state index contributed by atoms with van der Waals surface area (Å²) in [6.45, 7) is 2.44. The van der Waals surface area contributed by atoms with Gasteiger partial charge in [-0.3, -0.25) is 0 Å². The summed E-state index contributed by atoms with van der Waals surface area (Å²) in [4.78, 5) is 0. The number of rotatable bonds is 1. The highest BCUT2D eigenvalue weighted by Crippen LogP contribution is 2.55. The van der Waals surface area contributed by atoms with Crippen molar-refractivity contribution in [2.75, 3.05) is 11.5 Å². The first-order valence-electron chi connectivity index (χ1n) is 4.09. The molecule has 0 aromatic heterocycles. The Balaban J connectivity index is 1.97. The van der Waals surface area contributed by atoms with Crippen molar-refractivity contribution >= 4 is 23.5 Å². The molecule has 0 N–H and O–H groups in total. The largest absolute Gasteiger partial charge is 0.144 e. The Morgan fingerprint density at radius 3 is 2.30 bits per heavy atom. The standard InChI is InChI=1S/C8H14S2/c1-8(7-3-4-7)9-5-2-6-10-8/h7H,2-6H2,1H3. The van der Waals surface area contributed by atoms with Gasteiger partial charge in [0.05, 0.1) is 4.08 Å². The van der Waals surface area contributed by atoms with Gasteiger partial charge in [-0.2, -0.15) is 0 Å². The van der Waals surface area contributed by atoms with E-state index in [0.717, 1.165) is 5.92 Å². The minimum atomic E-state index is 0.623. The highest BCUT2D eigenvalue weighted by Gasteiger charge is 2.43. The SMILES string of the molecule is CC1(C2CC2)SCCCS1. The molecule has 0 bridgehead atoms. The normalized spacial score (nSPS) is 32.1. The van der Waals surface area contributed by atoms with Gasteiger partial charge >= 0.3 is 0 Å². The van der Waals surface area contributed by atoms with E-state index in [1.807, 2.05) is 0 Å². The van der Waals surface area contributed by atoms with Crippen LogP contribution in [0, 0.1) is 5.92 Å². The maximum Gasteiger partial charge on any atom is 0.0611 e. The minimum absolute atomic E-state index is 0.623. The van der Waals surface area contributed by atoms with Gasteiger partial charge in [0, 0.05) is 0 Å². The Morgan fingerprint density at radius 2 is 1.80 bits per heavy atom. The van der Waals surface area contributed by atoms with Crippen LogP contribution in [-0.2, 0) is 0 Å². The van der Waals surface area contributed by atoms with Crippen molar-refractivity contribution in [2.24, 2.45) is 5.92 Å². The van der Waals surface area contributed by atoms with Gasteiger partial charge in [0.1, 0.15) is 0 Å². The molecule has 0 nitrogen and oxygen atoms in total. The summed E-state index contributed by atoms with van der Waals surface area (Å²) >= 11 is 4.40. The van der Waals surface area contributed by atoms with Crippen molar-refractivity contribution in [3.05, 3.63) is 0 Å². The lowest BCUT2D eigenvalue weighted by Crippen LogP contribution is -2.23. The lowest BCUT2D eigenvalue weighted by Gasteiger charge is -2.32. The Hall–Kier alpha value is 0.700. The first kappa shape index (κ1) is 7.35. The van der Waals surface area contributed by atoms with Crippen LogP contribution in [0.5, 0.6) is 0 Å². The van der Waals surface area contributed by atoms with Crippen LogP contribution in [0.25, 0.3) is 0 Å². The fraction of sp³-hybridized carbons (Fsp3) is 1.00. The van der Waals surface area contributed by atoms with E-state index < -0.39 is 0 Å². The topological polar surface area (TPSA) is 0 Å². The summed E-state index contributed by atoms with van der Waals surface area (Å²) in [7, 11) is 0. The van der Waals surface area contributed by atoms with Gasteiger partial charge in [0.15, 0.2) is 0 Å². The Bertz CT molecular complexity index is 123. The molecule has 0 aromatic rings. The molecule has 1 saturated heterocycles. The number of thioether (sulfide) groups is 2. The lowest BCUT2D eigenvalue weighted by molar-refractivity contribution is 0.755. The third-order valence-corrected chi connectivity index (χ3v) is 5.89. The van der Waals surface area contributed by atoms with Crippen LogP contribution in [-0.4, -0.2) is 15.6 Å². The summed E-state index contributed by atoms with van der Waals surface area (Å²) in [5.74, 6) is 3.86. The zero-order valence-electron chi connectivity index (χ0n) is 6.43. The maximum atomic E-state index is 2.44. The molecule has 2 rings (SSSR count). The van der Waals surface area contributed by atoms with Crippen molar-refractivity contribution < 1.29 is 0 Å². The molecule has 2 aliphatic rings. The highest BCUT2D eigenvalue weighted by molar-refractivity contribution is 8.18. The molecule has 0 spiro atoms. The average molecular weight is 174 g/mol. The molecular weight excluding hydrogens is 160 g/mol. The molecular formula is C8H14S2. The second kappa shape index (κ2) is 2.63. The van der Waals surface area contributed by atoms with Gasteiger partial charge in [0.2, 0.25) is 0 Å². The van der Waals surface area contributed by atoms with Crippen molar-refractivity contribution in [1.82, 2.24) is 0 Å². The van der Waals surface area contributed by atoms with Crippen LogP contribution < -0.4 is 0 Å². The van der Waals surface area contributed by atoms with Gasteiger partial charge in [-0.25, -0.2) is 0 Å². The first-order valence-corrected chi connectivity index (χ1v) is 6.06. The summed E-state index contributed by atoms with van der Waals surface area (Å²) in [6.07, 6.45) is 4.42.